The molecule has 0 aromatic rings. The van der Waals surface area contributed by atoms with Crippen molar-refractivity contribution in [2.24, 2.45) is 5.92 Å². The van der Waals surface area contributed by atoms with Crippen LogP contribution in [0.15, 0.2) is 0 Å². The molecule has 0 bridgehead atoms. The van der Waals surface area contributed by atoms with E-state index in [0.29, 0.717) is 6.42 Å². The zero-order valence-electron chi connectivity index (χ0n) is 12.9. The van der Waals surface area contributed by atoms with Gasteiger partial charge in [0.05, 0.1) is 5.75 Å². The molecular weight excluding hydrogens is 292 g/mol. The highest BCUT2D eigenvalue weighted by Gasteiger charge is 2.51. The summed E-state index contributed by atoms with van der Waals surface area (Å²) in [4.78, 5) is 26.5. The lowest BCUT2D eigenvalue weighted by Crippen LogP contribution is -2.70. The Morgan fingerprint density at radius 3 is 2.38 bits per heavy atom. The van der Waals surface area contributed by atoms with Crippen molar-refractivity contribution in [2.75, 3.05) is 18.1 Å². The van der Waals surface area contributed by atoms with Gasteiger partial charge in [-0.2, -0.15) is 0 Å². The molecule has 2 aliphatic rings. The molecule has 0 aromatic heterocycles. The first-order chi connectivity index (χ1) is 9.74. The maximum atomic E-state index is 12.7. The van der Waals surface area contributed by atoms with Gasteiger partial charge in [0.2, 0.25) is 11.8 Å². The Labute approximate surface area is 126 Å². The van der Waals surface area contributed by atoms with Crippen LogP contribution in [0.25, 0.3) is 0 Å². The molecule has 1 saturated carbocycles. The third-order valence-electron chi connectivity index (χ3n) is 4.60. The third kappa shape index (κ3) is 3.22. The van der Waals surface area contributed by atoms with Crippen LogP contribution in [-0.2, 0) is 19.4 Å². The van der Waals surface area contributed by atoms with E-state index in [1.165, 1.54) is 4.90 Å². The first-order valence-electron chi connectivity index (χ1n) is 7.57. The summed E-state index contributed by atoms with van der Waals surface area (Å²) in [5, 5.41) is 2.83. The Bertz CT molecular complexity index is 541. The molecule has 0 radical (unpaired) electrons. The van der Waals surface area contributed by atoms with E-state index in [1.54, 1.807) is 13.8 Å². The summed E-state index contributed by atoms with van der Waals surface area (Å²) in [6.45, 7) is 5.25. The van der Waals surface area contributed by atoms with Crippen LogP contribution in [0, 0.1) is 5.92 Å². The molecule has 2 rings (SSSR count). The van der Waals surface area contributed by atoms with Crippen LogP contribution in [0.5, 0.6) is 0 Å². The Balaban J connectivity index is 2.22. The van der Waals surface area contributed by atoms with E-state index in [9.17, 15) is 18.0 Å². The maximum absolute atomic E-state index is 12.7. The smallest absolute Gasteiger partial charge is 0.248 e. The summed E-state index contributed by atoms with van der Waals surface area (Å²) >= 11 is 0. The summed E-state index contributed by atoms with van der Waals surface area (Å²) in [6.07, 6.45) is 2.34. The number of piperazine rings is 1. The van der Waals surface area contributed by atoms with Crippen LogP contribution in [0.1, 0.15) is 40.0 Å². The van der Waals surface area contributed by atoms with Gasteiger partial charge in [-0.3, -0.25) is 9.59 Å². The lowest BCUT2D eigenvalue weighted by atomic mass is 9.90. The van der Waals surface area contributed by atoms with E-state index in [4.69, 9.17) is 0 Å². The third-order valence-corrected chi connectivity index (χ3v) is 6.28. The van der Waals surface area contributed by atoms with E-state index in [1.807, 2.05) is 6.92 Å². The summed E-state index contributed by atoms with van der Waals surface area (Å²) in [5.74, 6) is -0.144. The van der Waals surface area contributed by atoms with Crippen LogP contribution >= 0.6 is 0 Å². The summed E-state index contributed by atoms with van der Waals surface area (Å²) in [5.41, 5.74) is -0.918. The molecule has 1 aliphatic heterocycles. The number of carbonyl (C=O) groups excluding carboxylic acids is 2. The van der Waals surface area contributed by atoms with Crippen LogP contribution < -0.4 is 5.32 Å². The Kier molecular flexibility index (Phi) is 4.33. The molecule has 0 aromatic carbocycles. The molecule has 120 valence electrons. The fraction of sp³-hybridized carbons (Fsp3) is 0.857. The van der Waals surface area contributed by atoms with Gasteiger partial charge in [0, 0.05) is 12.3 Å². The molecule has 0 spiro atoms. The molecule has 2 atom stereocenters. The first-order valence-corrected chi connectivity index (χ1v) is 9.39. The minimum absolute atomic E-state index is 0.0559. The first kappa shape index (κ1) is 16.3. The topological polar surface area (TPSA) is 83.6 Å². The summed E-state index contributed by atoms with van der Waals surface area (Å²) in [7, 11) is -3.16. The molecule has 2 unspecified atom stereocenters. The lowest BCUT2D eigenvalue weighted by Gasteiger charge is -2.44. The maximum Gasteiger partial charge on any atom is 0.248 e. The molecule has 21 heavy (non-hydrogen) atoms. The standard InChI is InChI=1S/C14H24N2O4S/c1-4-14(3)13(18)16(8-9-21(19,20)5-2)11(10-6-7-10)12(17)15-14/h10-11H,4-9H2,1-3H3,(H,15,17). The SMILES string of the molecule is CCC1(C)NC(=O)C(C2CC2)N(CCS(=O)(=O)CC)C1=O. The van der Waals surface area contributed by atoms with Crippen molar-refractivity contribution in [3.8, 4) is 0 Å². The number of amides is 2. The normalized spacial score (nSPS) is 30.4. The van der Waals surface area contributed by atoms with Crippen molar-refractivity contribution < 1.29 is 18.0 Å². The fourth-order valence-corrected chi connectivity index (χ4v) is 3.49. The van der Waals surface area contributed by atoms with Crippen LogP contribution in [0.2, 0.25) is 0 Å². The minimum atomic E-state index is -3.16. The predicted octanol–water partition coefficient (Wildman–Crippen LogP) is 0.327. The van der Waals surface area contributed by atoms with Crippen LogP contribution in [-0.4, -0.2) is 54.8 Å². The van der Waals surface area contributed by atoms with Gasteiger partial charge in [-0.25, -0.2) is 8.42 Å². The monoisotopic (exact) mass is 316 g/mol. The molecule has 2 amide bonds. The van der Waals surface area contributed by atoms with E-state index in [2.05, 4.69) is 5.32 Å². The van der Waals surface area contributed by atoms with Crippen molar-refractivity contribution in [3.63, 3.8) is 0 Å². The van der Waals surface area contributed by atoms with Gasteiger partial charge in [0.1, 0.15) is 11.6 Å². The second kappa shape index (κ2) is 5.59. The van der Waals surface area contributed by atoms with E-state index >= 15 is 0 Å². The molecule has 7 heteroatoms. The molecule has 1 N–H and O–H groups in total. The average Bonchev–Trinajstić information content (AvgIpc) is 3.25. The van der Waals surface area contributed by atoms with Gasteiger partial charge < -0.3 is 10.2 Å². The fourth-order valence-electron chi connectivity index (χ4n) is 2.73. The summed E-state index contributed by atoms with van der Waals surface area (Å²) in [6, 6.07) is -0.496. The highest BCUT2D eigenvalue weighted by molar-refractivity contribution is 7.91. The number of rotatable bonds is 6. The van der Waals surface area contributed by atoms with Gasteiger partial charge in [-0.15, -0.1) is 0 Å². The average molecular weight is 316 g/mol. The van der Waals surface area contributed by atoms with Crippen molar-refractivity contribution in [1.29, 1.82) is 0 Å². The summed E-state index contributed by atoms with van der Waals surface area (Å²) < 4.78 is 23.4. The Morgan fingerprint density at radius 1 is 1.29 bits per heavy atom. The second-order valence-electron chi connectivity index (χ2n) is 6.19. The molecular formula is C14H24N2O4S. The number of hydrogen-bond donors (Lipinski definition) is 1. The van der Waals surface area contributed by atoms with Crippen molar-refractivity contribution in [3.05, 3.63) is 0 Å². The van der Waals surface area contributed by atoms with Crippen molar-refractivity contribution in [2.45, 2.75) is 51.6 Å². The van der Waals surface area contributed by atoms with Crippen LogP contribution in [0.3, 0.4) is 0 Å². The van der Waals surface area contributed by atoms with Crippen molar-refractivity contribution in [1.82, 2.24) is 10.2 Å². The number of sulfone groups is 1. The predicted molar refractivity (Wildman–Crippen MR) is 79.4 cm³/mol. The Morgan fingerprint density at radius 2 is 1.90 bits per heavy atom. The van der Waals surface area contributed by atoms with Gasteiger partial charge in [-0.1, -0.05) is 13.8 Å². The number of carbonyl (C=O) groups is 2. The largest absolute Gasteiger partial charge is 0.340 e. The van der Waals surface area contributed by atoms with Crippen LogP contribution in [0.4, 0.5) is 0 Å². The molecule has 6 nitrogen and oxygen atoms in total. The zero-order chi connectivity index (χ0) is 15.8. The van der Waals surface area contributed by atoms with Gasteiger partial charge >= 0.3 is 0 Å². The van der Waals surface area contributed by atoms with E-state index < -0.39 is 21.4 Å². The second-order valence-corrected chi connectivity index (χ2v) is 8.66. The minimum Gasteiger partial charge on any atom is -0.340 e. The number of nitrogens with zero attached hydrogens (tertiary/aromatic N) is 1. The number of hydrogen-bond acceptors (Lipinski definition) is 4. The number of nitrogens with one attached hydrogen (secondary N) is 1. The van der Waals surface area contributed by atoms with E-state index in [0.717, 1.165) is 12.8 Å². The molecule has 1 heterocycles. The highest BCUT2D eigenvalue weighted by Crippen LogP contribution is 2.38. The quantitative estimate of drug-likeness (QED) is 0.765. The lowest BCUT2D eigenvalue weighted by molar-refractivity contribution is -0.155. The molecule has 1 saturated heterocycles. The highest BCUT2D eigenvalue weighted by atomic mass is 32.2. The van der Waals surface area contributed by atoms with Gasteiger partial charge in [0.15, 0.2) is 9.84 Å². The van der Waals surface area contributed by atoms with Gasteiger partial charge in [-0.05, 0) is 32.1 Å². The van der Waals surface area contributed by atoms with Gasteiger partial charge in [0.25, 0.3) is 0 Å². The zero-order valence-corrected chi connectivity index (χ0v) is 13.7. The van der Waals surface area contributed by atoms with E-state index in [-0.39, 0.29) is 35.8 Å². The molecule has 2 fully saturated rings. The Hall–Kier alpha value is -1.11. The van der Waals surface area contributed by atoms with Crippen molar-refractivity contribution >= 4 is 21.7 Å². The molecule has 1 aliphatic carbocycles.